The van der Waals surface area contributed by atoms with Crippen LogP contribution in [-0.2, 0) is 6.54 Å². The Hall–Kier alpha value is -2.10. The number of hydrogen-bond donors (Lipinski definition) is 1. The van der Waals surface area contributed by atoms with E-state index in [1.54, 1.807) is 25.7 Å². The second kappa shape index (κ2) is 5.30. The maximum absolute atomic E-state index is 5.25. The first-order valence-corrected chi connectivity index (χ1v) is 5.43. The molecule has 0 aliphatic carbocycles. The number of methoxy groups -OCH3 is 1. The molecule has 88 valence electrons. The van der Waals surface area contributed by atoms with Crippen molar-refractivity contribution in [2.45, 2.75) is 13.5 Å². The maximum Gasteiger partial charge on any atom is 0.160 e. The fraction of sp³-hybridized carbons (Fsp3) is 0.231. The zero-order valence-electron chi connectivity index (χ0n) is 9.97. The summed E-state index contributed by atoms with van der Waals surface area (Å²) in [7, 11) is 1.64. The van der Waals surface area contributed by atoms with Crippen molar-refractivity contribution in [3.05, 3.63) is 48.0 Å². The molecule has 1 N–H and O–H groups in total. The zero-order chi connectivity index (χ0) is 12.1. The molecule has 0 radical (unpaired) electrons. The van der Waals surface area contributed by atoms with Crippen LogP contribution in [0.1, 0.15) is 11.3 Å². The molecule has 0 saturated heterocycles. The number of aryl methyl sites for hydroxylation is 1. The average Bonchev–Trinajstić information content (AvgIpc) is 2.38. The molecule has 0 aromatic carbocycles. The normalized spacial score (nSPS) is 10.0. The quantitative estimate of drug-likeness (QED) is 0.874. The Bertz CT molecular complexity index is 485. The lowest BCUT2D eigenvalue weighted by atomic mass is 10.2. The third kappa shape index (κ3) is 2.93. The number of pyridine rings is 2. The van der Waals surface area contributed by atoms with Gasteiger partial charge in [0.2, 0.25) is 0 Å². The number of anilines is 1. The molecule has 2 heterocycles. The van der Waals surface area contributed by atoms with Gasteiger partial charge in [-0.1, -0.05) is 0 Å². The monoisotopic (exact) mass is 229 g/mol. The van der Waals surface area contributed by atoms with Crippen molar-refractivity contribution < 1.29 is 4.74 Å². The van der Waals surface area contributed by atoms with E-state index in [1.165, 1.54) is 5.56 Å². The van der Waals surface area contributed by atoms with Gasteiger partial charge in [0, 0.05) is 24.6 Å². The minimum Gasteiger partial charge on any atom is -0.493 e. The molecule has 0 aliphatic rings. The molecule has 0 saturated carbocycles. The summed E-state index contributed by atoms with van der Waals surface area (Å²) in [6.07, 6.45) is 5.29. The lowest BCUT2D eigenvalue weighted by Crippen LogP contribution is -2.02. The van der Waals surface area contributed by atoms with E-state index < -0.39 is 0 Å². The topological polar surface area (TPSA) is 47.0 Å². The van der Waals surface area contributed by atoms with Crippen molar-refractivity contribution in [1.82, 2.24) is 9.97 Å². The van der Waals surface area contributed by atoms with Gasteiger partial charge in [-0.15, -0.1) is 0 Å². The SMILES string of the molecule is COc1cnc(C)cc1NCc1ccncc1. The number of nitrogens with one attached hydrogen (secondary N) is 1. The van der Waals surface area contributed by atoms with E-state index in [4.69, 9.17) is 4.74 Å². The average molecular weight is 229 g/mol. The Morgan fingerprint density at radius 2 is 2.06 bits per heavy atom. The van der Waals surface area contributed by atoms with E-state index in [0.29, 0.717) is 0 Å². The van der Waals surface area contributed by atoms with Crippen molar-refractivity contribution in [2.24, 2.45) is 0 Å². The van der Waals surface area contributed by atoms with Crippen LogP contribution in [0.4, 0.5) is 5.69 Å². The number of rotatable bonds is 4. The molecule has 0 spiro atoms. The van der Waals surface area contributed by atoms with Gasteiger partial charge in [-0.25, -0.2) is 0 Å². The van der Waals surface area contributed by atoms with Crippen LogP contribution in [0.5, 0.6) is 5.75 Å². The van der Waals surface area contributed by atoms with Crippen molar-refractivity contribution in [1.29, 1.82) is 0 Å². The molecule has 2 aromatic rings. The summed E-state index contributed by atoms with van der Waals surface area (Å²) in [6, 6.07) is 5.93. The second-order valence-electron chi connectivity index (χ2n) is 3.73. The highest BCUT2D eigenvalue weighted by atomic mass is 16.5. The first kappa shape index (κ1) is 11.4. The Morgan fingerprint density at radius 1 is 1.29 bits per heavy atom. The molecule has 0 atom stereocenters. The van der Waals surface area contributed by atoms with E-state index >= 15 is 0 Å². The zero-order valence-corrected chi connectivity index (χ0v) is 9.97. The number of hydrogen-bond acceptors (Lipinski definition) is 4. The molecule has 0 aliphatic heterocycles. The molecule has 4 heteroatoms. The van der Waals surface area contributed by atoms with Crippen molar-refractivity contribution in [2.75, 3.05) is 12.4 Å². The Labute approximate surface area is 101 Å². The highest BCUT2D eigenvalue weighted by molar-refractivity contribution is 5.56. The molecule has 0 fully saturated rings. The van der Waals surface area contributed by atoms with Crippen molar-refractivity contribution >= 4 is 5.69 Å². The Kier molecular flexibility index (Phi) is 3.55. The van der Waals surface area contributed by atoms with Crippen LogP contribution >= 0.6 is 0 Å². The van der Waals surface area contributed by atoms with Crippen LogP contribution in [0.2, 0.25) is 0 Å². The van der Waals surface area contributed by atoms with Gasteiger partial charge in [0.05, 0.1) is 19.0 Å². The molecule has 2 aromatic heterocycles. The standard InChI is InChI=1S/C13H15N3O/c1-10-7-12(13(17-2)9-15-10)16-8-11-3-5-14-6-4-11/h3-7,9H,8H2,1-2H3,(H,15,16). The lowest BCUT2D eigenvalue weighted by Gasteiger charge is -2.11. The third-order valence-corrected chi connectivity index (χ3v) is 2.46. The second-order valence-corrected chi connectivity index (χ2v) is 3.73. The van der Waals surface area contributed by atoms with Gasteiger partial charge in [-0.2, -0.15) is 0 Å². The van der Waals surface area contributed by atoms with Gasteiger partial charge >= 0.3 is 0 Å². The number of ether oxygens (including phenoxy) is 1. The van der Waals surface area contributed by atoms with Crippen LogP contribution in [0.15, 0.2) is 36.8 Å². The van der Waals surface area contributed by atoms with Gasteiger partial charge < -0.3 is 10.1 Å². The lowest BCUT2D eigenvalue weighted by molar-refractivity contribution is 0.414. The molecule has 17 heavy (non-hydrogen) atoms. The molecule has 0 unspecified atom stereocenters. The molecule has 0 amide bonds. The van der Waals surface area contributed by atoms with E-state index in [-0.39, 0.29) is 0 Å². The fourth-order valence-corrected chi connectivity index (χ4v) is 1.55. The Balaban J connectivity index is 2.11. The summed E-state index contributed by atoms with van der Waals surface area (Å²) in [5.41, 5.74) is 3.09. The van der Waals surface area contributed by atoms with Gasteiger partial charge in [-0.05, 0) is 30.7 Å². The molecular weight excluding hydrogens is 214 g/mol. The molecular formula is C13H15N3O. The van der Waals surface area contributed by atoms with Gasteiger partial charge in [0.15, 0.2) is 5.75 Å². The van der Waals surface area contributed by atoms with E-state index in [0.717, 1.165) is 23.7 Å². The maximum atomic E-state index is 5.25. The summed E-state index contributed by atoms with van der Waals surface area (Å²) in [6.45, 7) is 2.69. The Morgan fingerprint density at radius 3 is 2.76 bits per heavy atom. The summed E-state index contributed by atoms with van der Waals surface area (Å²) in [5.74, 6) is 0.754. The van der Waals surface area contributed by atoms with Gasteiger partial charge in [-0.3, -0.25) is 9.97 Å². The molecule has 4 nitrogen and oxygen atoms in total. The summed E-state index contributed by atoms with van der Waals surface area (Å²) < 4.78 is 5.25. The van der Waals surface area contributed by atoms with Crippen LogP contribution < -0.4 is 10.1 Å². The smallest absolute Gasteiger partial charge is 0.160 e. The largest absolute Gasteiger partial charge is 0.493 e. The van der Waals surface area contributed by atoms with Crippen LogP contribution in [0.3, 0.4) is 0 Å². The minimum absolute atomic E-state index is 0.738. The first-order chi connectivity index (χ1) is 8.29. The summed E-state index contributed by atoms with van der Waals surface area (Å²) in [4.78, 5) is 8.18. The van der Waals surface area contributed by atoms with E-state index in [1.807, 2.05) is 25.1 Å². The minimum atomic E-state index is 0.738. The molecule has 0 bridgehead atoms. The van der Waals surface area contributed by atoms with Crippen LogP contribution in [-0.4, -0.2) is 17.1 Å². The predicted molar refractivity (Wildman–Crippen MR) is 67.1 cm³/mol. The number of aromatic nitrogens is 2. The van der Waals surface area contributed by atoms with Crippen LogP contribution in [0, 0.1) is 6.92 Å². The third-order valence-electron chi connectivity index (χ3n) is 2.46. The highest BCUT2D eigenvalue weighted by Crippen LogP contribution is 2.23. The molecule has 2 rings (SSSR count). The van der Waals surface area contributed by atoms with Gasteiger partial charge in [0.25, 0.3) is 0 Å². The van der Waals surface area contributed by atoms with Gasteiger partial charge in [0.1, 0.15) is 0 Å². The van der Waals surface area contributed by atoms with Crippen molar-refractivity contribution in [3.63, 3.8) is 0 Å². The van der Waals surface area contributed by atoms with Crippen molar-refractivity contribution in [3.8, 4) is 5.75 Å². The predicted octanol–water partition coefficient (Wildman–Crippen LogP) is 2.41. The summed E-state index contributed by atoms with van der Waals surface area (Å²) >= 11 is 0. The highest BCUT2D eigenvalue weighted by Gasteiger charge is 2.03. The first-order valence-electron chi connectivity index (χ1n) is 5.43. The fourth-order valence-electron chi connectivity index (χ4n) is 1.55. The van der Waals surface area contributed by atoms with E-state index in [9.17, 15) is 0 Å². The summed E-state index contributed by atoms with van der Waals surface area (Å²) in [5, 5.41) is 3.33. The van der Waals surface area contributed by atoms with Crippen LogP contribution in [0.25, 0.3) is 0 Å². The number of nitrogens with zero attached hydrogens (tertiary/aromatic N) is 2. The van der Waals surface area contributed by atoms with E-state index in [2.05, 4.69) is 15.3 Å².